The second kappa shape index (κ2) is 9.79. The number of hydrogen-bond donors (Lipinski definition) is 1. The monoisotopic (exact) mass is 441 g/mol. The summed E-state index contributed by atoms with van der Waals surface area (Å²) in [7, 11) is -3.90. The maximum atomic E-state index is 13.8. The van der Waals surface area contributed by atoms with E-state index in [-0.39, 0.29) is 10.5 Å². The van der Waals surface area contributed by atoms with E-state index in [2.05, 4.69) is 6.92 Å². The third-order valence-electron chi connectivity index (χ3n) is 5.84. The molecule has 0 saturated carbocycles. The van der Waals surface area contributed by atoms with E-state index < -0.39 is 28.1 Å². The van der Waals surface area contributed by atoms with Gasteiger partial charge in [0.15, 0.2) is 0 Å². The lowest BCUT2D eigenvalue weighted by atomic mass is 10.00. The van der Waals surface area contributed by atoms with Gasteiger partial charge >= 0.3 is 5.97 Å². The van der Waals surface area contributed by atoms with Gasteiger partial charge in [0.05, 0.1) is 16.5 Å². The predicted molar refractivity (Wildman–Crippen MR) is 122 cm³/mol. The molecule has 2 aromatic carbocycles. The fourth-order valence-electron chi connectivity index (χ4n) is 4.10. The van der Waals surface area contributed by atoms with Crippen LogP contribution in [0.5, 0.6) is 0 Å². The molecule has 2 atom stereocenters. The Morgan fingerprint density at radius 1 is 0.935 bits per heavy atom. The molecule has 1 heterocycles. The van der Waals surface area contributed by atoms with Crippen LogP contribution in [0, 0.1) is 13.8 Å². The molecule has 166 valence electrons. The Labute approximate surface area is 185 Å². The number of benzene rings is 2. The average molecular weight is 442 g/mol. The molecule has 0 radical (unpaired) electrons. The zero-order valence-electron chi connectivity index (χ0n) is 18.4. The van der Waals surface area contributed by atoms with Crippen molar-refractivity contribution in [1.82, 2.24) is 4.31 Å². The number of carboxylic acid groups (broad SMARTS) is 1. The van der Waals surface area contributed by atoms with Gasteiger partial charge in [0.25, 0.3) is 0 Å². The van der Waals surface area contributed by atoms with E-state index in [4.69, 9.17) is 0 Å². The van der Waals surface area contributed by atoms with Gasteiger partial charge in [0.2, 0.25) is 10.0 Å². The maximum Gasteiger partial charge on any atom is 0.333 e. The van der Waals surface area contributed by atoms with Crippen LogP contribution in [0.2, 0.25) is 0 Å². The van der Waals surface area contributed by atoms with E-state index >= 15 is 0 Å². The van der Waals surface area contributed by atoms with E-state index in [1.807, 2.05) is 38.1 Å². The molecule has 0 bridgehead atoms. The van der Waals surface area contributed by atoms with Crippen molar-refractivity contribution in [1.29, 1.82) is 0 Å². The maximum absolute atomic E-state index is 13.8. The van der Waals surface area contributed by atoms with Gasteiger partial charge in [0, 0.05) is 6.04 Å². The molecule has 0 unspecified atom stereocenters. The van der Waals surface area contributed by atoms with Crippen LogP contribution in [0.4, 0.5) is 0 Å². The number of aliphatic carboxylic acids is 1. The van der Waals surface area contributed by atoms with E-state index in [1.54, 1.807) is 30.3 Å². The van der Waals surface area contributed by atoms with Crippen molar-refractivity contribution in [3.05, 3.63) is 76.9 Å². The fraction of sp³-hybridized carbons (Fsp3) is 0.400. The smallest absolute Gasteiger partial charge is 0.333 e. The molecule has 0 aliphatic carbocycles. The van der Waals surface area contributed by atoms with Crippen molar-refractivity contribution in [2.24, 2.45) is 0 Å². The van der Waals surface area contributed by atoms with Crippen LogP contribution in [0.25, 0.3) is 0 Å². The van der Waals surface area contributed by atoms with Crippen LogP contribution < -0.4 is 0 Å². The number of carboxylic acids is 1. The van der Waals surface area contributed by atoms with Crippen molar-refractivity contribution < 1.29 is 18.3 Å². The first kappa shape index (κ1) is 23.2. The van der Waals surface area contributed by atoms with Gasteiger partial charge in [-0.05, 0) is 38.0 Å². The lowest BCUT2D eigenvalue weighted by Crippen LogP contribution is -2.39. The topological polar surface area (TPSA) is 74.7 Å². The SMILES string of the molecule is CCCCCC[C@H]1C=C(C(=O)O)[C@@H](c2ccc(C)cc2)N1S(=O)(=O)c1ccc(C)cc1. The highest BCUT2D eigenvalue weighted by Crippen LogP contribution is 2.42. The molecule has 0 aromatic heterocycles. The number of unbranched alkanes of at least 4 members (excludes halogenated alkanes) is 3. The summed E-state index contributed by atoms with van der Waals surface area (Å²) in [6.07, 6.45) is 6.25. The number of hydrogen-bond acceptors (Lipinski definition) is 3. The summed E-state index contributed by atoms with van der Waals surface area (Å²) in [5.41, 5.74) is 2.80. The van der Waals surface area contributed by atoms with Crippen molar-refractivity contribution in [3.8, 4) is 0 Å². The largest absolute Gasteiger partial charge is 0.478 e. The lowest BCUT2D eigenvalue weighted by molar-refractivity contribution is -0.133. The molecular formula is C25H31NO4S. The Balaban J connectivity index is 2.08. The van der Waals surface area contributed by atoms with Gasteiger partial charge in [0.1, 0.15) is 0 Å². The quantitative estimate of drug-likeness (QED) is 0.529. The first-order chi connectivity index (χ1) is 14.8. The molecule has 0 spiro atoms. The standard InChI is InChI=1S/C25H31NO4S/c1-4-5-6-7-8-21-17-23(25(27)28)24(20-13-9-18(2)10-14-20)26(21)31(29,30)22-15-11-19(3)12-16-22/h9-17,21,24H,4-8H2,1-3H3,(H,27,28)/t21-,24+/m0/s1. The summed E-state index contributed by atoms with van der Waals surface area (Å²) in [4.78, 5) is 12.3. The van der Waals surface area contributed by atoms with Gasteiger partial charge in [-0.2, -0.15) is 4.31 Å². The summed E-state index contributed by atoms with van der Waals surface area (Å²) in [5, 5.41) is 9.93. The number of nitrogens with zero attached hydrogens (tertiary/aromatic N) is 1. The van der Waals surface area contributed by atoms with Crippen molar-refractivity contribution in [2.45, 2.75) is 69.9 Å². The Bertz CT molecular complexity index is 1040. The highest BCUT2D eigenvalue weighted by atomic mass is 32.2. The second-order valence-corrected chi connectivity index (χ2v) is 10.1. The third kappa shape index (κ3) is 5.08. The number of rotatable bonds is 9. The first-order valence-corrected chi connectivity index (χ1v) is 12.3. The van der Waals surface area contributed by atoms with Gasteiger partial charge in [-0.1, -0.05) is 86.2 Å². The molecule has 1 aliphatic heterocycles. The Hall–Kier alpha value is -2.44. The van der Waals surface area contributed by atoms with Crippen molar-refractivity contribution in [3.63, 3.8) is 0 Å². The summed E-state index contributed by atoms with van der Waals surface area (Å²) in [6.45, 7) is 5.98. The van der Waals surface area contributed by atoms with Gasteiger partial charge < -0.3 is 5.11 Å². The summed E-state index contributed by atoms with van der Waals surface area (Å²) >= 11 is 0. The average Bonchev–Trinajstić information content (AvgIpc) is 3.13. The molecule has 3 rings (SSSR count). The van der Waals surface area contributed by atoms with Crippen LogP contribution >= 0.6 is 0 Å². The molecule has 5 nitrogen and oxygen atoms in total. The van der Waals surface area contributed by atoms with E-state index in [0.717, 1.165) is 36.8 Å². The van der Waals surface area contributed by atoms with Crippen LogP contribution in [0.3, 0.4) is 0 Å². The summed E-state index contributed by atoms with van der Waals surface area (Å²) in [6, 6.07) is 12.8. The third-order valence-corrected chi connectivity index (χ3v) is 7.74. The predicted octanol–water partition coefficient (Wildman–Crippen LogP) is 5.40. The Morgan fingerprint density at radius 2 is 1.52 bits per heavy atom. The lowest BCUT2D eigenvalue weighted by Gasteiger charge is -2.31. The van der Waals surface area contributed by atoms with Gasteiger partial charge in [-0.15, -0.1) is 0 Å². The molecule has 1 aliphatic rings. The van der Waals surface area contributed by atoms with Crippen molar-refractivity contribution >= 4 is 16.0 Å². The minimum atomic E-state index is -3.90. The van der Waals surface area contributed by atoms with Crippen molar-refractivity contribution in [2.75, 3.05) is 0 Å². The summed E-state index contributed by atoms with van der Waals surface area (Å²) in [5.74, 6) is -1.08. The van der Waals surface area contributed by atoms with E-state index in [9.17, 15) is 18.3 Å². The number of carbonyl (C=O) groups is 1. The highest BCUT2D eigenvalue weighted by Gasteiger charge is 2.45. The molecule has 0 saturated heterocycles. The zero-order valence-corrected chi connectivity index (χ0v) is 19.2. The molecular weight excluding hydrogens is 410 g/mol. The fourth-order valence-corrected chi connectivity index (χ4v) is 5.86. The minimum absolute atomic E-state index is 0.125. The minimum Gasteiger partial charge on any atom is -0.478 e. The van der Waals surface area contributed by atoms with Crippen LogP contribution in [0.15, 0.2) is 65.1 Å². The van der Waals surface area contributed by atoms with Crippen LogP contribution in [-0.2, 0) is 14.8 Å². The Morgan fingerprint density at radius 3 is 2.06 bits per heavy atom. The van der Waals surface area contributed by atoms with Crippen LogP contribution in [-0.4, -0.2) is 29.8 Å². The van der Waals surface area contributed by atoms with Crippen LogP contribution in [0.1, 0.15) is 61.8 Å². The van der Waals surface area contributed by atoms with E-state index in [1.165, 1.54) is 4.31 Å². The summed E-state index contributed by atoms with van der Waals surface area (Å²) < 4.78 is 28.9. The number of sulfonamides is 1. The van der Waals surface area contributed by atoms with Gasteiger partial charge in [-0.25, -0.2) is 13.2 Å². The molecule has 2 aromatic rings. The second-order valence-electron chi connectivity index (χ2n) is 8.31. The Kier molecular flexibility index (Phi) is 7.34. The molecule has 6 heteroatoms. The van der Waals surface area contributed by atoms with E-state index in [0.29, 0.717) is 12.0 Å². The molecule has 1 N–H and O–H groups in total. The highest BCUT2D eigenvalue weighted by molar-refractivity contribution is 7.89. The van der Waals surface area contributed by atoms with Gasteiger partial charge in [-0.3, -0.25) is 0 Å². The number of aryl methyl sites for hydroxylation is 2. The molecule has 0 fully saturated rings. The first-order valence-electron chi connectivity index (χ1n) is 10.9. The molecule has 31 heavy (non-hydrogen) atoms. The normalized spacial score (nSPS) is 19.4. The zero-order chi connectivity index (χ0) is 22.6. The molecule has 0 amide bonds.